The summed E-state index contributed by atoms with van der Waals surface area (Å²) in [4.78, 5) is 11.2. The number of aliphatic carboxylic acids is 1. The molecule has 6 atom stereocenters. The topological polar surface area (TPSA) is 46.5 Å². The predicted molar refractivity (Wildman–Crippen MR) is 56.9 cm³/mol. The predicted octanol–water partition coefficient (Wildman–Crippen LogP) is 2.70. The Kier molecular flexibility index (Phi) is 3.34. The van der Waals surface area contributed by atoms with Gasteiger partial charge in [0.2, 0.25) is 0 Å². The third-order valence-corrected chi connectivity index (χ3v) is 4.47. The van der Waals surface area contributed by atoms with Crippen molar-refractivity contribution in [1.29, 1.82) is 0 Å². The van der Waals surface area contributed by atoms with Crippen LogP contribution in [0.25, 0.3) is 0 Å². The number of carboxylic acid groups (broad SMARTS) is 1. The van der Waals surface area contributed by atoms with Crippen molar-refractivity contribution in [3.05, 3.63) is 0 Å². The lowest BCUT2D eigenvalue weighted by Gasteiger charge is -2.37. The fourth-order valence-corrected chi connectivity index (χ4v) is 3.35. The van der Waals surface area contributed by atoms with Crippen LogP contribution in [0.2, 0.25) is 0 Å². The van der Waals surface area contributed by atoms with Crippen molar-refractivity contribution < 1.29 is 27.8 Å². The van der Waals surface area contributed by atoms with Gasteiger partial charge in [-0.05, 0) is 25.7 Å². The monoisotopic (exact) mass is 266 g/mol. The van der Waals surface area contributed by atoms with Gasteiger partial charge < -0.3 is 9.84 Å². The summed E-state index contributed by atoms with van der Waals surface area (Å²) in [6, 6.07) is 0. The largest absolute Gasteiger partial charge is 0.481 e. The van der Waals surface area contributed by atoms with Gasteiger partial charge in [0.25, 0.3) is 0 Å². The second-order valence-corrected chi connectivity index (χ2v) is 5.47. The van der Waals surface area contributed by atoms with Gasteiger partial charge in [0.15, 0.2) is 0 Å². The molecule has 104 valence electrons. The van der Waals surface area contributed by atoms with Crippen LogP contribution in [0.5, 0.6) is 0 Å². The van der Waals surface area contributed by atoms with Gasteiger partial charge in [-0.1, -0.05) is 6.92 Å². The fourth-order valence-electron chi connectivity index (χ4n) is 3.35. The SMILES string of the molecule is C[C@H]1[C@@H]2[C@@H](C(=O)O)C[C@@H](C(F)(F)F)C[C@H]2O[C@H]1C. The van der Waals surface area contributed by atoms with Gasteiger partial charge in [-0.15, -0.1) is 0 Å². The Morgan fingerprint density at radius 1 is 1.28 bits per heavy atom. The molecule has 2 aliphatic rings. The van der Waals surface area contributed by atoms with Crippen molar-refractivity contribution in [3.63, 3.8) is 0 Å². The maximum Gasteiger partial charge on any atom is 0.391 e. The van der Waals surface area contributed by atoms with Gasteiger partial charge in [0, 0.05) is 5.92 Å². The van der Waals surface area contributed by atoms with Gasteiger partial charge in [0.05, 0.1) is 24.0 Å². The zero-order valence-corrected chi connectivity index (χ0v) is 10.3. The van der Waals surface area contributed by atoms with Gasteiger partial charge in [-0.25, -0.2) is 0 Å². The highest BCUT2D eigenvalue weighted by Gasteiger charge is 2.55. The van der Waals surface area contributed by atoms with E-state index >= 15 is 0 Å². The van der Waals surface area contributed by atoms with Crippen LogP contribution in [0.4, 0.5) is 13.2 Å². The van der Waals surface area contributed by atoms with Gasteiger partial charge in [0.1, 0.15) is 0 Å². The molecule has 1 aliphatic carbocycles. The van der Waals surface area contributed by atoms with Gasteiger partial charge in [-0.3, -0.25) is 4.79 Å². The van der Waals surface area contributed by atoms with E-state index in [2.05, 4.69) is 0 Å². The number of fused-ring (bicyclic) bond motifs is 1. The molecular formula is C12H17F3O3. The highest BCUT2D eigenvalue weighted by atomic mass is 19.4. The number of rotatable bonds is 1. The number of alkyl halides is 3. The van der Waals surface area contributed by atoms with Crippen LogP contribution in [-0.2, 0) is 9.53 Å². The molecular weight excluding hydrogens is 249 g/mol. The summed E-state index contributed by atoms with van der Waals surface area (Å²) in [5.41, 5.74) is 0. The summed E-state index contributed by atoms with van der Waals surface area (Å²) in [5.74, 6) is -3.95. The smallest absolute Gasteiger partial charge is 0.391 e. The Balaban J connectivity index is 2.24. The maximum atomic E-state index is 12.8. The first kappa shape index (κ1) is 13.6. The third kappa shape index (κ3) is 2.22. The van der Waals surface area contributed by atoms with Crippen LogP contribution in [-0.4, -0.2) is 29.5 Å². The Morgan fingerprint density at radius 2 is 1.89 bits per heavy atom. The summed E-state index contributed by atoms with van der Waals surface area (Å²) in [6.07, 6.45) is -5.50. The van der Waals surface area contributed by atoms with E-state index in [0.29, 0.717) is 0 Å². The summed E-state index contributed by atoms with van der Waals surface area (Å²) in [7, 11) is 0. The van der Waals surface area contributed by atoms with Crippen molar-refractivity contribution in [2.75, 3.05) is 0 Å². The van der Waals surface area contributed by atoms with E-state index in [1.54, 1.807) is 6.92 Å². The molecule has 1 heterocycles. The van der Waals surface area contributed by atoms with Crippen LogP contribution >= 0.6 is 0 Å². The zero-order valence-electron chi connectivity index (χ0n) is 10.3. The van der Waals surface area contributed by atoms with Crippen molar-refractivity contribution in [1.82, 2.24) is 0 Å². The highest BCUT2D eigenvalue weighted by molar-refractivity contribution is 5.70. The summed E-state index contributed by atoms with van der Waals surface area (Å²) in [5, 5.41) is 9.15. The molecule has 1 saturated carbocycles. The number of hydrogen-bond donors (Lipinski definition) is 1. The average Bonchev–Trinajstić information content (AvgIpc) is 2.52. The van der Waals surface area contributed by atoms with Crippen LogP contribution < -0.4 is 0 Å². The minimum absolute atomic E-state index is 0.00900. The molecule has 0 bridgehead atoms. The second-order valence-electron chi connectivity index (χ2n) is 5.47. The van der Waals surface area contributed by atoms with Crippen molar-refractivity contribution in [2.45, 2.75) is 45.1 Å². The van der Waals surface area contributed by atoms with Crippen LogP contribution in [0.1, 0.15) is 26.7 Å². The molecule has 0 radical (unpaired) electrons. The standard InChI is InChI=1S/C12H17F3O3/c1-5-6(2)18-9-4-7(12(13,14)15)3-8(10(5)9)11(16)17/h5-10H,3-4H2,1-2H3,(H,16,17)/t5-,6+,7-,8+,9-,10-/m1/s1. The first-order valence-corrected chi connectivity index (χ1v) is 6.16. The molecule has 6 heteroatoms. The quantitative estimate of drug-likeness (QED) is 0.793. The second kappa shape index (κ2) is 4.40. The highest BCUT2D eigenvalue weighted by Crippen LogP contribution is 2.50. The fraction of sp³-hybridized carbons (Fsp3) is 0.917. The summed E-state index contributed by atoms with van der Waals surface area (Å²) < 4.78 is 43.9. The Labute approximate surface area is 103 Å². The molecule has 2 rings (SSSR count). The molecule has 0 amide bonds. The molecule has 0 spiro atoms. The van der Waals surface area contributed by atoms with Crippen LogP contribution in [0, 0.1) is 23.7 Å². The number of ether oxygens (including phenoxy) is 1. The molecule has 3 nitrogen and oxygen atoms in total. The molecule has 2 fully saturated rings. The van der Waals surface area contributed by atoms with E-state index in [9.17, 15) is 18.0 Å². The molecule has 18 heavy (non-hydrogen) atoms. The third-order valence-electron chi connectivity index (χ3n) is 4.47. The molecule has 0 aromatic carbocycles. The van der Waals surface area contributed by atoms with E-state index in [4.69, 9.17) is 9.84 Å². The molecule has 1 N–H and O–H groups in total. The first-order valence-electron chi connectivity index (χ1n) is 6.16. The lowest BCUT2D eigenvalue weighted by atomic mass is 9.68. The number of halogens is 3. The summed E-state index contributed by atoms with van der Waals surface area (Å²) >= 11 is 0. The van der Waals surface area contributed by atoms with Gasteiger partial charge >= 0.3 is 12.1 Å². The number of hydrogen-bond acceptors (Lipinski definition) is 2. The molecule has 0 aromatic rings. The van der Waals surface area contributed by atoms with E-state index in [-0.39, 0.29) is 30.8 Å². The Hall–Kier alpha value is -0.780. The molecule has 1 aliphatic heterocycles. The normalized spacial score (nSPS) is 44.7. The Morgan fingerprint density at radius 3 is 2.39 bits per heavy atom. The molecule has 0 aromatic heterocycles. The van der Waals surface area contributed by atoms with E-state index in [1.807, 2.05) is 6.92 Å². The number of carbonyl (C=O) groups is 1. The van der Waals surface area contributed by atoms with E-state index in [1.165, 1.54) is 0 Å². The van der Waals surface area contributed by atoms with E-state index < -0.39 is 30.1 Å². The minimum atomic E-state index is -4.34. The molecule has 0 unspecified atom stereocenters. The van der Waals surface area contributed by atoms with Crippen molar-refractivity contribution >= 4 is 5.97 Å². The lowest BCUT2D eigenvalue weighted by molar-refractivity contribution is -0.202. The maximum absolute atomic E-state index is 12.8. The average molecular weight is 266 g/mol. The van der Waals surface area contributed by atoms with Crippen molar-refractivity contribution in [3.8, 4) is 0 Å². The van der Waals surface area contributed by atoms with E-state index in [0.717, 1.165) is 0 Å². The molecule has 1 saturated heterocycles. The lowest BCUT2D eigenvalue weighted by Crippen LogP contribution is -2.44. The van der Waals surface area contributed by atoms with Gasteiger partial charge in [-0.2, -0.15) is 13.2 Å². The van der Waals surface area contributed by atoms with Crippen molar-refractivity contribution in [2.24, 2.45) is 23.7 Å². The first-order chi connectivity index (χ1) is 8.21. The summed E-state index contributed by atoms with van der Waals surface area (Å²) in [6.45, 7) is 3.66. The van der Waals surface area contributed by atoms with Crippen LogP contribution in [0.3, 0.4) is 0 Å². The Bertz CT molecular complexity index is 342. The van der Waals surface area contributed by atoms with Crippen LogP contribution in [0.15, 0.2) is 0 Å². The zero-order chi connectivity index (χ0) is 13.7. The minimum Gasteiger partial charge on any atom is -0.481 e. The number of carboxylic acids is 1.